The fourth-order valence-electron chi connectivity index (χ4n) is 2.15. The van der Waals surface area contributed by atoms with E-state index in [2.05, 4.69) is 5.32 Å². The number of benzene rings is 1. The number of aromatic hydroxyl groups is 1. The molecule has 1 heterocycles. The van der Waals surface area contributed by atoms with Gasteiger partial charge in [0.15, 0.2) is 0 Å². The van der Waals surface area contributed by atoms with Crippen LogP contribution in [0.2, 0.25) is 5.02 Å². The number of nitrogens with one attached hydrogen (secondary N) is 1. The molecule has 1 saturated heterocycles. The number of phenolic OH excluding ortho intramolecular Hbond substituents is 1. The van der Waals surface area contributed by atoms with Gasteiger partial charge in [-0.2, -0.15) is 0 Å². The van der Waals surface area contributed by atoms with Crippen LogP contribution in [0.15, 0.2) is 12.1 Å². The molecule has 3 heteroatoms. The minimum Gasteiger partial charge on any atom is -0.508 e. The van der Waals surface area contributed by atoms with Crippen molar-refractivity contribution in [1.82, 2.24) is 5.32 Å². The van der Waals surface area contributed by atoms with Crippen molar-refractivity contribution in [2.75, 3.05) is 6.54 Å². The first-order chi connectivity index (χ1) is 7.18. The maximum absolute atomic E-state index is 9.79. The molecule has 1 fully saturated rings. The average molecular weight is 226 g/mol. The standard InChI is InChI=1S/C12H16ClNO/c1-8-10(7-9-3-2-6-14-9)12(15)5-4-11(8)13/h4-5,9,14-15H,2-3,6-7H2,1H3. The van der Waals surface area contributed by atoms with Gasteiger partial charge in [0, 0.05) is 11.1 Å². The molecule has 0 bridgehead atoms. The van der Waals surface area contributed by atoms with Gasteiger partial charge in [-0.15, -0.1) is 0 Å². The summed E-state index contributed by atoms with van der Waals surface area (Å²) in [5.74, 6) is 0.366. The Hall–Kier alpha value is -0.730. The van der Waals surface area contributed by atoms with Crippen molar-refractivity contribution in [1.29, 1.82) is 0 Å². The van der Waals surface area contributed by atoms with Gasteiger partial charge in [0.05, 0.1) is 0 Å². The van der Waals surface area contributed by atoms with Crippen LogP contribution in [-0.4, -0.2) is 17.7 Å². The van der Waals surface area contributed by atoms with Crippen molar-refractivity contribution in [3.8, 4) is 5.75 Å². The number of hydrogen-bond acceptors (Lipinski definition) is 2. The van der Waals surface area contributed by atoms with E-state index in [1.165, 1.54) is 12.8 Å². The molecule has 1 aliphatic heterocycles. The highest BCUT2D eigenvalue weighted by Gasteiger charge is 2.18. The molecule has 0 aliphatic carbocycles. The molecule has 1 aliphatic rings. The summed E-state index contributed by atoms with van der Waals surface area (Å²) < 4.78 is 0. The minimum atomic E-state index is 0.366. The summed E-state index contributed by atoms with van der Waals surface area (Å²) in [7, 11) is 0. The molecule has 0 saturated carbocycles. The van der Waals surface area contributed by atoms with Gasteiger partial charge in [-0.1, -0.05) is 11.6 Å². The van der Waals surface area contributed by atoms with Crippen LogP contribution in [0.25, 0.3) is 0 Å². The predicted octanol–water partition coefficient (Wildman–Crippen LogP) is 2.65. The molecule has 1 aromatic carbocycles. The van der Waals surface area contributed by atoms with E-state index in [0.29, 0.717) is 11.8 Å². The summed E-state index contributed by atoms with van der Waals surface area (Å²) in [6.07, 6.45) is 3.29. The summed E-state index contributed by atoms with van der Waals surface area (Å²) in [6, 6.07) is 3.92. The highest BCUT2D eigenvalue weighted by Crippen LogP contribution is 2.29. The molecule has 0 spiro atoms. The van der Waals surface area contributed by atoms with Gasteiger partial charge in [-0.3, -0.25) is 0 Å². The predicted molar refractivity (Wildman–Crippen MR) is 62.6 cm³/mol. The van der Waals surface area contributed by atoms with E-state index in [4.69, 9.17) is 11.6 Å². The molecular formula is C12H16ClNO. The van der Waals surface area contributed by atoms with Crippen molar-refractivity contribution >= 4 is 11.6 Å². The lowest BCUT2D eigenvalue weighted by Gasteiger charge is -2.14. The summed E-state index contributed by atoms with van der Waals surface area (Å²) in [6.45, 7) is 3.05. The van der Waals surface area contributed by atoms with Crippen LogP contribution in [0, 0.1) is 6.92 Å². The topological polar surface area (TPSA) is 32.3 Å². The summed E-state index contributed by atoms with van der Waals surface area (Å²) in [5.41, 5.74) is 1.99. The number of halogens is 1. The largest absolute Gasteiger partial charge is 0.508 e. The Labute approximate surface area is 95.3 Å². The number of phenols is 1. The van der Waals surface area contributed by atoms with Crippen molar-refractivity contribution < 1.29 is 5.11 Å². The van der Waals surface area contributed by atoms with Crippen LogP contribution in [0.5, 0.6) is 5.75 Å². The lowest BCUT2D eigenvalue weighted by Crippen LogP contribution is -2.24. The molecule has 0 radical (unpaired) electrons. The van der Waals surface area contributed by atoms with Crippen molar-refractivity contribution in [2.24, 2.45) is 0 Å². The Morgan fingerprint density at radius 3 is 3.00 bits per heavy atom. The summed E-state index contributed by atoms with van der Waals surface area (Å²) in [5, 5.41) is 14.0. The first-order valence-corrected chi connectivity index (χ1v) is 5.76. The Balaban J connectivity index is 2.22. The smallest absolute Gasteiger partial charge is 0.119 e. The molecule has 0 aromatic heterocycles. The number of hydrogen-bond donors (Lipinski definition) is 2. The SMILES string of the molecule is Cc1c(Cl)ccc(O)c1CC1CCCN1. The van der Waals surface area contributed by atoms with E-state index in [-0.39, 0.29) is 0 Å². The Morgan fingerprint density at radius 1 is 1.53 bits per heavy atom. The van der Waals surface area contributed by atoms with Gasteiger partial charge >= 0.3 is 0 Å². The Bertz CT molecular complexity index is 359. The average Bonchev–Trinajstić information content (AvgIpc) is 2.71. The second kappa shape index (κ2) is 4.42. The van der Waals surface area contributed by atoms with Crippen LogP contribution < -0.4 is 5.32 Å². The van der Waals surface area contributed by atoms with E-state index in [0.717, 1.165) is 29.1 Å². The van der Waals surface area contributed by atoms with E-state index in [1.54, 1.807) is 12.1 Å². The van der Waals surface area contributed by atoms with Crippen LogP contribution in [-0.2, 0) is 6.42 Å². The van der Waals surface area contributed by atoms with Crippen molar-refractivity contribution in [3.63, 3.8) is 0 Å². The highest BCUT2D eigenvalue weighted by atomic mass is 35.5. The third kappa shape index (κ3) is 2.27. The van der Waals surface area contributed by atoms with Gasteiger partial charge in [0.25, 0.3) is 0 Å². The normalized spacial score (nSPS) is 20.8. The maximum Gasteiger partial charge on any atom is 0.119 e. The monoisotopic (exact) mass is 225 g/mol. The third-order valence-electron chi connectivity index (χ3n) is 3.12. The van der Waals surface area contributed by atoms with E-state index in [9.17, 15) is 5.11 Å². The van der Waals surface area contributed by atoms with Crippen LogP contribution >= 0.6 is 11.6 Å². The molecule has 82 valence electrons. The molecule has 2 nitrogen and oxygen atoms in total. The van der Waals surface area contributed by atoms with Crippen LogP contribution in [0.4, 0.5) is 0 Å². The molecule has 1 unspecified atom stereocenters. The molecule has 2 rings (SSSR count). The van der Waals surface area contributed by atoms with Gasteiger partial charge in [-0.05, 0) is 56.0 Å². The molecule has 1 aromatic rings. The molecule has 1 atom stereocenters. The fourth-order valence-corrected chi connectivity index (χ4v) is 2.33. The summed E-state index contributed by atoms with van der Waals surface area (Å²) >= 11 is 6.04. The molecule has 0 amide bonds. The lowest BCUT2D eigenvalue weighted by molar-refractivity contribution is 0.461. The van der Waals surface area contributed by atoms with E-state index in [1.807, 2.05) is 6.92 Å². The second-order valence-electron chi connectivity index (χ2n) is 4.17. The van der Waals surface area contributed by atoms with Crippen LogP contribution in [0.3, 0.4) is 0 Å². The number of rotatable bonds is 2. The quantitative estimate of drug-likeness (QED) is 0.811. The molecule has 15 heavy (non-hydrogen) atoms. The van der Waals surface area contributed by atoms with Gasteiger partial charge in [-0.25, -0.2) is 0 Å². The van der Waals surface area contributed by atoms with Crippen molar-refractivity contribution in [3.05, 3.63) is 28.3 Å². The Kier molecular flexibility index (Phi) is 3.17. The van der Waals surface area contributed by atoms with Crippen molar-refractivity contribution in [2.45, 2.75) is 32.2 Å². The third-order valence-corrected chi connectivity index (χ3v) is 3.53. The second-order valence-corrected chi connectivity index (χ2v) is 4.57. The molecule has 2 N–H and O–H groups in total. The summed E-state index contributed by atoms with van der Waals surface area (Å²) in [4.78, 5) is 0. The zero-order valence-corrected chi connectivity index (χ0v) is 9.64. The first kappa shape index (κ1) is 10.8. The van der Waals surface area contributed by atoms with Crippen LogP contribution in [0.1, 0.15) is 24.0 Å². The maximum atomic E-state index is 9.79. The molecular weight excluding hydrogens is 210 g/mol. The fraction of sp³-hybridized carbons (Fsp3) is 0.500. The zero-order chi connectivity index (χ0) is 10.8. The van der Waals surface area contributed by atoms with E-state index >= 15 is 0 Å². The zero-order valence-electron chi connectivity index (χ0n) is 8.89. The minimum absolute atomic E-state index is 0.366. The first-order valence-electron chi connectivity index (χ1n) is 5.39. The van der Waals surface area contributed by atoms with Gasteiger partial charge < -0.3 is 10.4 Å². The van der Waals surface area contributed by atoms with Gasteiger partial charge in [0.2, 0.25) is 0 Å². The highest BCUT2D eigenvalue weighted by molar-refractivity contribution is 6.31. The van der Waals surface area contributed by atoms with E-state index < -0.39 is 0 Å². The lowest BCUT2D eigenvalue weighted by atomic mass is 9.99. The van der Waals surface area contributed by atoms with Gasteiger partial charge in [0.1, 0.15) is 5.75 Å². The Morgan fingerprint density at radius 2 is 2.33 bits per heavy atom.